The van der Waals surface area contributed by atoms with Gasteiger partial charge in [-0.15, -0.1) is 11.3 Å². The normalized spacial score (nSPS) is 15.3. The van der Waals surface area contributed by atoms with Gasteiger partial charge in [-0.2, -0.15) is 0 Å². The molecule has 0 N–H and O–H groups in total. The number of carbonyl (C=O) groups excluding carboxylic acids is 1. The van der Waals surface area contributed by atoms with Crippen LogP contribution in [-0.2, 0) is 11.3 Å². The number of rotatable bonds is 5. The van der Waals surface area contributed by atoms with Gasteiger partial charge >= 0.3 is 0 Å². The Bertz CT molecular complexity index is 1030. The first-order valence-electron chi connectivity index (χ1n) is 9.64. The number of benzene rings is 1. The number of imidazole rings is 1. The average molecular weight is 414 g/mol. The summed E-state index contributed by atoms with van der Waals surface area (Å²) in [6.45, 7) is 7.68. The summed E-state index contributed by atoms with van der Waals surface area (Å²) in [5.41, 5.74) is 2.86. The lowest BCUT2D eigenvalue weighted by atomic mass is 10.1. The van der Waals surface area contributed by atoms with Crippen molar-refractivity contribution in [2.75, 3.05) is 26.2 Å². The fraction of sp³-hybridized carbons (Fsp3) is 0.400. The molecule has 29 heavy (non-hydrogen) atoms. The highest BCUT2D eigenvalue weighted by molar-refractivity contribution is 7.15. The largest absolute Gasteiger partial charge is 0.340 e. The molecule has 0 spiro atoms. The first-order valence-corrected chi connectivity index (χ1v) is 10.5. The number of thiazole rings is 1. The maximum absolute atomic E-state index is 12.2. The molecule has 0 radical (unpaired) electrons. The molecule has 2 aromatic heterocycles. The Morgan fingerprint density at radius 3 is 2.52 bits per heavy atom. The van der Waals surface area contributed by atoms with Crippen LogP contribution >= 0.6 is 11.3 Å². The summed E-state index contributed by atoms with van der Waals surface area (Å²) >= 11 is 1.57. The Balaban J connectivity index is 1.56. The molecule has 1 fully saturated rings. The van der Waals surface area contributed by atoms with Crippen molar-refractivity contribution in [3.8, 4) is 11.3 Å². The minimum atomic E-state index is -0.394. The Kier molecular flexibility index (Phi) is 5.33. The van der Waals surface area contributed by atoms with E-state index in [4.69, 9.17) is 4.98 Å². The number of nitro benzene ring substituents is 1. The zero-order valence-corrected chi connectivity index (χ0v) is 17.3. The lowest BCUT2D eigenvalue weighted by molar-refractivity contribution is -0.384. The fourth-order valence-electron chi connectivity index (χ4n) is 3.66. The van der Waals surface area contributed by atoms with Gasteiger partial charge in [-0.05, 0) is 12.1 Å². The third-order valence-corrected chi connectivity index (χ3v) is 6.02. The predicted octanol–water partition coefficient (Wildman–Crippen LogP) is 3.27. The van der Waals surface area contributed by atoms with E-state index < -0.39 is 4.92 Å². The van der Waals surface area contributed by atoms with Crippen molar-refractivity contribution in [1.29, 1.82) is 0 Å². The van der Waals surface area contributed by atoms with E-state index in [1.807, 2.05) is 30.3 Å². The highest BCUT2D eigenvalue weighted by atomic mass is 32.1. The summed E-state index contributed by atoms with van der Waals surface area (Å²) < 4.78 is 2.09. The Morgan fingerprint density at radius 1 is 1.21 bits per heavy atom. The monoisotopic (exact) mass is 413 g/mol. The maximum Gasteiger partial charge on any atom is 0.269 e. The molecule has 0 bridgehead atoms. The van der Waals surface area contributed by atoms with Crippen LogP contribution in [0.15, 0.2) is 35.8 Å². The molecular weight excluding hydrogens is 390 g/mol. The molecule has 0 atom stereocenters. The van der Waals surface area contributed by atoms with Crippen molar-refractivity contribution < 1.29 is 9.72 Å². The Labute approximate surface area is 172 Å². The highest BCUT2D eigenvalue weighted by Crippen LogP contribution is 2.29. The minimum absolute atomic E-state index is 0.0237. The zero-order chi connectivity index (χ0) is 20.5. The van der Waals surface area contributed by atoms with Gasteiger partial charge in [0.25, 0.3) is 5.69 Å². The molecule has 3 aromatic rings. The van der Waals surface area contributed by atoms with Crippen molar-refractivity contribution in [3.63, 3.8) is 0 Å². The first kappa shape index (κ1) is 19.5. The van der Waals surface area contributed by atoms with Crippen molar-refractivity contribution in [2.45, 2.75) is 20.4 Å². The SMILES string of the molecule is CC(C)C(=O)N1CCN(Cc2c(-c3ccc([N+](=O)[O-])cc3)nc3sccn23)CC1. The number of piperazine rings is 1. The second-order valence-electron chi connectivity index (χ2n) is 7.52. The van der Waals surface area contributed by atoms with Gasteiger partial charge in [0.15, 0.2) is 4.96 Å². The van der Waals surface area contributed by atoms with Gasteiger partial charge in [0.2, 0.25) is 5.91 Å². The van der Waals surface area contributed by atoms with Crippen LogP contribution in [0, 0.1) is 16.0 Å². The van der Waals surface area contributed by atoms with Crippen LogP contribution in [0.5, 0.6) is 0 Å². The summed E-state index contributed by atoms with van der Waals surface area (Å²) in [6, 6.07) is 6.55. The van der Waals surface area contributed by atoms with Crippen LogP contribution in [0.2, 0.25) is 0 Å². The van der Waals surface area contributed by atoms with Gasteiger partial charge in [-0.3, -0.25) is 24.2 Å². The molecule has 9 heteroatoms. The standard InChI is InChI=1S/C20H23N5O3S/c1-14(2)19(26)23-9-7-22(8-10-23)13-17-18(21-20-24(17)11-12-29-20)15-3-5-16(6-4-15)25(27)28/h3-6,11-12,14H,7-10,13H2,1-2H3. The van der Waals surface area contributed by atoms with Crippen molar-refractivity contribution >= 4 is 27.9 Å². The van der Waals surface area contributed by atoms with E-state index in [-0.39, 0.29) is 17.5 Å². The smallest absolute Gasteiger partial charge is 0.269 e. The van der Waals surface area contributed by atoms with E-state index in [0.29, 0.717) is 6.54 Å². The minimum Gasteiger partial charge on any atom is -0.340 e. The lowest BCUT2D eigenvalue weighted by Crippen LogP contribution is -2.49. The number of non-ortho nitro benzene ring substituents is 1. The molecule has 1 aliphatic heterocycles. The van der Waals surface area contributed by atoms with E-state index in [1.54, 1.807) is 23.5 Å². The van der Waals surface area contributed by atoms with Gasteiger partial charge in [0, 0.05) is 67.9 Å². The third kappa shape index (κ3) is 3.88. The molecule has 1 aliphatic rings. The number of carbonyl (C=O) groups is 1. The number of fused-ring (bicyclic) bond motifs is 1. The van der Waals surface area contributed by atoms with Gasteiger partial charge < -0.3 is 4.90 Å². The van der Waals surface area contributed by atoms with Gasteiger partial charge in [-0.25, -0.2) is 4.98 Å². The van der Waals surface area contributed by atoms with Crippen LogP contribution in [0.4, 0.5) is 5.69 Å². The van der Waals surface area contributed by atoms with Crippen molar-refractivity contribution in [2.24, 2.45) is 5.92 Å². The molecule has 0 saturated carbocycles. The highest BCUT2D eigenvalue weighted by Gasteiger charge is 2.25. The zero-order valence-electron chi connectivity index (χ0n) is 16.4. The summed E-state index contributed by atoms with van der Waals surface area (Å²) in [4.78, 5) is 32.7. The predicted molar refractivity (Wildman–Crippen MR) is 112 cm³/mol. The van der Waals surface area contributed by atoms with Crippen LogP contribution in [-0.4, -0.2) is 56.2 Å². The molecule has 0 unspecified atom stereocenters. The van der Waals surface area contributed by atoms with Crippen LogP contribution < -0.4 is 0 Å². The number of amides is 1. The molecular formula is C20H23N5O3S. The molecule has 0 aliphatic carbocycles. The molecule has 152 valence electrons. The second-order valence-corrected chi connectivity index (χ2v) is 8.40. The topological polar surface area (TPSA) is 84.0 Å². The van der Waals surface area contributed by atoms with Gasteiger partial charge in [0.1, 0.15) is 0 Å². The average Bonchev–Trinajstić information content (AvgIpc) is 3.30. The molecule has 1 aromatic carbocycles. The summed E-state index contributed by atoms with van der Waals surface area (Å²) in [7, 11) is 0. The first-order chi connectivity index (χ1) is 13.9. The van der Waals surface area contributed by atoms with E-state index in [0.717, 1.165) is 48.1 Å². The summed E-state index contributed by atoms with van der Waals surface area (Å²) in [6.07, 6.45) is 2.01. The van der Waals surface area contributed by atoms with E-state index in [2.05, 4.69) is 9.30 Å². The molecule has 1 amide bonds. The second kappa shape index (κ2) is 7.92. The van der Waals surface area contributed by atoms with Crippen LogP contribution in [0.25, 0.3) is 16.2 Å². The Morgan fingerprint density at radius 2 is 1.90 bits per heavy atom. The quantitative estimate of drug-likeness (QED) is 0.473. The van der Waals surface area contributed by atoms with E-state index in [9.17, 15) is 14.9 Å². The number of nitro groups is 1. The van der Waals surface area contributed by atoms with E-state index in [1.165, 1.54) is 12.1 Å². The van der Waals surface area contributed by atoms with Crippen LogP contribution in [0.1, 0.15) is 19.5 Å². The van der Waals surface area contributed by atoms with Crippen molar-refractivity contribution in [3.05, 3.63) is 51.7 Å². The molecule has 1 saturated heterocycles. The third-order valence-electron chi connectivity index (χ3n) is 5.26. The van der Waals surface area contributed by atoms with Crippen molar-refractivity contribution in [1.82, 2.24) is 19.2 Å². The van der Waals surface area contributed by atoms with Crippen LogP contribution in [0.3, 0.4) is 0 Å². The summed E-state index contributed by atoms with van der Waals surface area (Å²) in [5, 5.41) is 13.0. The molecule has 4 rings (SSSR count). The Hall–Kier alpha value is -2.78. The fourth-order valence-corrected chi connectivity index (χ4v) is 4.39. The summed E-state index contributed by atoms with van der Waals surface area (Å²) in [5.74, 6) is 0.233. The number of aromatic nitrogens is 2. The van der Waals surface area contributed by atoms with Gasteiger partial charge in [0.05, 0.1) is 16.3 Å². The maximum atomic E-state index is 12.2. The lowest BCUT2D eigenvalue weighted by Gasteiger charge is -2.35. The van der Waals surface area contributed by atoms with E-state index >= 15 is 0 Å². The number of nitrogens with zero attached hydrogens (tertiary/aromatic N) is 5. The molecule has 8 nitrogen and oxygen atoms in total. The molecule has 3 heterocycles. The number of hydrogen-bond donors (Lipinski definition) is 0. The van der Waals surface area contributed by atoms with Gasteiger partial charge in [-0.1, -0.05) is 13.8 Å². The number of hydrogen-bond acceptors (Lipinski definition) is 6.